The van der Waals surface area contributed by atoms with E-state index < -0.39 is 11.9 Å². The zero-order valence-corrected chi connectivity index (χ0v) is 14.4. The third kappa shape index (κ3) is 2.59. The maximum Gasteiger partial charge on any atom is 0.415 e. The zero-order valence-electron chi connectivity index (χ0n) is 14.4. The van der Waals surface area contributed by atoms with E-state index in [1.807, 2.05) is 13.8 Å². The fourth-order valence-corrected chi connectivity index (χ4v) is 3.59. The van der Waals surface area contributed by atoms with E-state index in [0.29, 0.717) is 25.9 Å². The van der Waals surface area contributed by atoms with Gasteiger partial charge in [0.1, 0.15) is 6.61 Å². The Hall–Kier alpha value is -2.68. The van der Waals surface area contributed by atoms with Crippen LogP contribution in [-0.2, 0) is 9.47 Å². The van der Waals surface area contributed by atoms with Gasteiger partial charge in [-0.25, -0.2) is 9.18 Å². The van der Waals surface area contributed by atoms with Crippen LogP contribution in [0.1, 0.15) is 24.2 Å². The molecule has 0 N–H and O–H groups in total. The van der Waals surface area contributed by atoms with E-state index in [1.165, 1.54) is 11.0 Å². The number of amides is 1. The van der Waals surface area contributed by atoms with Crippen LogP contribution in [0.15, 0.2) is 10.6 Å². The molecule has 2 saturated heterocycles. The molecule has 3 heterocycles. The molecule has 1 aromatic heterocycles. The number of nitrogens with zero attached hydrogens (tertiary/aromatic N) is 3. The Morgan fingerprint density at radius 3 is 2.65 bits per heavy atom. The molecule has 2 aromatic rings. The first-order chi connectivity index (χ1) is 12.5. The molecule has 1 amide bonds. The molecular formula is C17H18FN3O5. The maximum absolute atomic E-state index is 15.2. The molecule has 0 spiro atoms. The van der Waals surface area contributed by atoms with E-state index in [1.54, 1.807) is 4.90 Å². The van der Waals surface area contributed by atoms with E-state index >= 15 is 4.39 Å². The number of halogens is 1. The smallest absolute Gasteiger partial charge is 0.415 e. The van der Waals surface area contributed by atoms with E-state index in [9.17, 15) is 9.59 Å². The molecule has 138 valence electrons. The lowest BCUT2D eigenvalue weighted by Crippen LogP contribution is -2.46. The van der Waals surface area contributed by atoms with Crippen molar-refractivity contribution < 1.29 is 28.0 Å². The topological polar surface area (TPSA) is 85.1 Å². The minimum atomic E-state index is -0.669. The number of fused-ring (bicyclic) bond motifs is 1. The van der Waals surface area contributed by atoms with Gasteiger partial charge in [0, 0.05) is 18.7 Å². The highest BCUT2D eigenvalue weighted by atomic mass is 19.1. The molecule has 1 aromatic carbocycles. The van der Waals surface area contributed by atoms with E-state index in [0.717, 1.165) is 0 Å². The maximum atomic E-state index is 15.2. The number of morpholine rings is 1. The number of rotatable bonds is 3. The van der Waals surface area contributed by atoms with Crippen LogP contribution in [0.3, 0.4) is 0 Å². The molecule has 0 saturated carbocycles. The summed E-state index contributed by atoms with van der Waals surface area (Å²) in [5, 5.41) is 4.10. The van der Waals surface area contributed by atoms with Gasteiger partial charge < -0.3 is 18.9 Å². The van der Waals surface area contributed by atoms with Crippen molar-refractivity contribution in [3.8, 4) is 0 Å². The summed E-state index contributed by atoms with van der Waals surface area (Å²) >= 11 is 0. The van der Waals surface area contributed by atoms with E-state index in [2.05, 4.69) is 5.16 Å². The second-order valence-electron chi connectivity index (χ2n) is 6.56. The van der Waals surface area contributed by atoms with Gasteiger partial charge in [-0.3, -0.25) is 9.69 Å². The Labute approximate surface area is 148 Å². The Morgan fingerprint density at radius 2 is 2.04 bits per heavy atom. The average Bonchev–Trinajstić information content (AvgIpc) is 3.19. The lowest BCUT2D eigenvalue weighted by molar-refractivity contribution is -0.00543. The van der Waals surface area contributed by atoms with E-state index in [-0.39, 0.29) is 46.9 Å². The lowest BCUT2D eigenvalue weighted by atomic mass is 10.1. The average molecular weight is 363 g/mol. The summed E-state index contributed by atoms with van der Waals surface area (Å²) in [7, 11) is 0. The molecule has 2 atom stereocenters. The first-order valence-electron chi connectivity index (χ1n) is 8.41. The number of carbonyl (C=O) groups is 2. The van der Waals surface area contributed by atoms with Crippen molar-refractivity contribution in [2.24, 2.45) is 0 Å². The normalized spacial score (nSPS) is 23.6. The van der Waals surface area contributed by atoms with Gasteiger partial charge in [0.2, 0.25) is 5.58 Å². The van der Waals surface area contributed by atoms with Gasteiger partial charge in [-0.05, 0) is 19.9 Å². The lowest BCUT2D eigenvalue weighted by Gasteiger charge is -2.37. The Morgan fingerprint density at radius 1 is 1.31 bits per heavy atom. The van der Waals surface area contributed by atoms with Gasteiger partial charge in [-0.15, -0.1) is 0 Å². The standard InChI is InChI=1S/C17H18FN3O5/c1-9-6-20(7-10(2)25-9)14-11(8-22)5-12-15(13(14)18)26-19-16(12)21-3-4-24-17(21)23/h5,8-10H,3-4,6-7H2,1-2H3/t9-,10?/m1/s1. The Bertz CT molecular complexity index is 873. The van der Waals surface area contributed by atoms with Gasteiger partial charge in [0.15, 0.2) is 17.9 Å². The predicted octanol–water partition coefficient (Wildman–Crippen LogP) is 2.35. The fraction of sp³-hybridized carbons (Fsp3) is 0.471. The number of benzene rings is 1. The predicted molar refractivity (Wildman–Crippen MR) is 90.3 cm³/mol. The molecule has 4 rings (SSSR count). The van der Waals surface area contributed by atoms with Crippen LogP contribution in [0.25, 0.3) is 11.0 Å². The van der Waals surface area contributed by atoms with Crippen LogP contribution in [0.4, 0.5) is 20.7 Å². The summed E-state index contributed by atoms with van der Waals surface area (Å²) in [5.74, 6) is -0.517. The summed E-state index contributed by atoms with van der Waals surface area (Å²) in [6.45, 7) is 5.20. The summed E-state index contributed by atoms with van der Waals surface area (Å²) in [5.41, 5.74) is 0.251. The van der Waals surface area contributed by atoms with Crippen LogP contribution in [0.5, 0.6) is 0 Å². The summed E-state index contributed by atoms with van der Waals surface area (Å²) in [6, 6.07) is 1.50. The van der Waals surface area contributed by atoms with Gasteiger partial charge in [0.25, 0.3) is 0 Å². The number of aromatic nitrogens is 1. The molecule has 26 heavy (non-hydrogen) atoms. The number of carbonyl (C=O) groups excluding carboxylic acids is 2. The van der Waals surface area contributed by atoms with Gasteiger partial charge in [-0.1, -0.05) is 5.16 Å². The zero-order chi connectivity index (χ0) is 18.4. The Balaban J connectivity index is 1.84. The third-order valence-electron chi connectivity index (χ3n) is 4.57. The van der Waals surface area contributed by atoms with Crippen molar-refractivity contribution in [3.63, 3.8) is 0 Å². The largest absolute Gasteiger partial charge is 0.447 e. The van der Waals surface area contributed by atoms with Crippen molar-refractivity contribution in [2.75, 3.05) is 36.0 Å². The molecular weight excluding hydrogens is 345 g/mol. The minimum absolute atomic E-state index is 0.0907. The number of aldehydes is 1. The van der Waals surface area contributed by atoms with Crippen LogP contribution in [0.2, 0.25) is 0 Å². The molecule has 0 bridgehead atoms. The molecule has 9 heteroatoms. The van der Waals surface area contributed by atoms with Crippen molar-refractivity contribution in [2.45, 2.75) is 26.1 Å². The van der Waals surface area contributed by atoms with Crippen LogP contribution >= 0.6 is 0 Å². The molecule has 2 aliphatic rings. The summed E-state index contributed by atoms with van der Waals surface area (Å²) in [4.78, 5) is 26.5. The number of anilines is 2. The van der Waals surface area contributed by atoms with Crippen LogP contribution in [-0.4, -0.2) is 56.0 Å². The van der Waals surface area contributed by atoms with Crippen molar-refractivity contribution >= 4 is 34.9 Å². The van der Waals surface area contributed by atoms with Crippen molar-refractivity contribution in [1.29, 1.82) is 0 Å². The van der Waals surface area contributed by atoms with Gasteiger partial charge >= 0.3 is 6.09 Å². The SMILES string of the molecule is CC1CN(c2c(C=O)cc3c(N4CCOC4=O)noc3c2F)C[C@@H](C)O1. The highest BCUT2D eigenvalue weighted by Gasteiger charge is 2.32. The second kappa shape index (κ2) is 6.24. The van der Waals surface area contributed by atoms with E-state index in [4.69, 9.17) is 14.0 Å². The highest BCUT2D eigenvalue weighted by Crippen LogP contribution is 2.37. The summed E-state index contributed by atoms with van der Waals surface area (Å²) in [6.07, 6.45) is -0.175. The number of cyclic esters (lactones) is 1. The first kappa shape index (κ1) is 16.8. The number of ether oxygens (including phenoxy) is 2. The van der Waals surface area contributed by atoms with Crippen LogP contribution in [0, 0.1) is 5.82 Å². The third-order valence-corrected chi connectivity index (χ3v) is 4.57. The Kier molecular flexibility index (Phi) is 4.03. The molecule has 2 fully saturated rings. The summed E-state index contributed by atoms with van der Waals surface area (Å²) < 4.78 is 31.0. The highest BCUT2D eigenvalue weighted by molar-refractivity contribution is 6.03. The molecule has 1 unspecified atom stereocenters. The van der Waals surface area contributed by atoms with Crippen molar-refractivity contribution in [3.05, 3.63) is 17.4 Å². The monoisotopic (exact) mass is 363 g/mol. The number of hydrogen-bond donors (Lipinski definition) is 0. The van der Waals surface area contributed by atoms with Crippen LogP contribution < -0.4 is 9.80 Å². The van der Waals surface area contributed by atoms with Crippen molar-refractivity contribution in [1.82, 2.24) is 5.16 Å². The second-order valence-corrected chi connectivity index (χ2v) is 6.56. The molecule has 0 radical (unpaired) electrons. The molecule has 8 nitrogen and oxygen atoms in total. The minimum Gasteiger partial charge on any atom is -0.447 e. The number of hydrogen-bond acceptors (Lipinski definition) is 7. The van der Waals surface area contributed by atoms with Gasteiger partial charge in [0.05, 0.1) is 29.8 Å². The quantitative estimate of drug-likeness (QED) is 0.774. The first-order valence-corrected chi connectivity index (χ1v) is 8.41. The fourth-order valence-electron chi connectivity index (χ4n) is 3.59. The molecule has 0 aliphatic carbocycles. The molecule has 2 aliphatic heterocycles. The van der Waals surface area contributed by atoms with Gasteiger partial charge in [-0.2, -0.15) is 0 Å².